The molecule has 0 unspecified atom stereocenters. The molecule has 208 valence electrons. The van der Waals surface area contributed by atoms with E-state index in [4.69, 9.17) is 18.9 Å². The fourth-order valence-electron chi connectivity index (χ4n) is 4.28. The van der Waals surface area contributed by atoms with Gasteiger partial charge in [-0.25, -0.2) is 0 Å². The second-order valence-corrected chi connectivity index (χ2v) is 9.55. The highest BCUT2D eigenvalue weighted by Crippen LogP contribution is 2.38. The summed E-state index contributed by atoms with van der Waals surface area (Å²) in [6.45, 7) is 0.645. The van der Waals surface area contributed by atoms with Crippen molar-refractivity contribution in [2.24, 2.45) is 4.99 Å². The van der Waals surface area contributed by atoms with Gasteiger partial charge in [0, 0.05) is 54.7 Å². The molecule has 3 aromatic carbocycles. The molecule has 40 heavy (non-hydrogen) atoms. The van der Waals surface area contributed by atoms with Gasteiger partial charge in [0.05, 0.1) is 25.4 Å². The molecule has 1 aliphatic rings. The summed E-state index contributed by atoms with van der Waals surface area (Å²) in [6, 6.07) is 19.4. The number of aromatic nitrogens is 1. The van der Waals surface area contributed by atoms with Crippen molar-refractivity contribution >= 4 is 28.5 Å². The van der Waals surface area contributed by atoms with Crippen molar-refractivity contribution in [3.05, 3.63) is 72.4 Å². The topological polar surface area (TPSA) is 106 Å². The molecular weight excluding hydrogens is 508 g/mol. The number of nitrogens with one attached hydrogen (secondary N) is 2. The Kier molecular flexibility index (Phi) is 8.63. The second kappa shape index (κ2) is 12.7. The fourth-order valence-corrected chi connectivity index (χ4v) is 4.28. The fraction of sp³-hybridized carbons (Fsp3) is 0.290. The van der Waals surface area contributed by atoms with Crippen LogP contribution in [-0.2, 0) is 0 Å². The molecule has 1 atom stereocenters. The third-order valence-electron chi connectivity index (χ3n) is 6.52. The van der Waals surface area contributed by atoms with Crippen molar-refractivity contribution in [2.45, 2.75) is 25.0 Å². The molecule has 5 rings (SSSR count). The van der Waals surface area contributed by atoms with Gasteiger partial charge in [-0.3, -0.25) is 9.98 Å². The molecule has 0 aliphatic heterocycles. The highest BCUT2D eigenvalue weighted by atomic mass is 16.5. The van der Waals surface area contributed by atoms with Gasteiger partial charge < -0.3 is 34.7 Å². The van der Waals surface area contributed by atoms with E-state index in [0.29, 0.717) is 46.9 Å². The lowest BCUT2D eigenvalue weighted by Gasteiger charge is -2.18. The minimum absolute atomic E-state index is 0.149. The third kappa shape index (κ3) is 6.62. The van der Waals surface area contributed by atoms with Crippen LogP contribution in [0.4, 0.5) is 11.4 Å². The van der Waals surface area contributed by atoms with Gasteiger partial charge in [-0.05, 0) is 55.3 Å². The van der Waals surface area contributed by atoms with Crippen LogP contribution in [0.25, 0.3) is 10.9 Å². The van der Waals surface area contributed by atoms with Crippen LogP contribution in [0.15, 0.2) is 71.9 Å². The maximum atomic E-state index is 10.3. The first-order valence-corrected chi connectivity index (χ1v) is 13.2. The second-order valence-electron chi connectivity index (χ2n) is 9.55. The van der Waals surface area contributed by atoms with E-state index >= 15 is 0 Å². The lowest BCUT2D eigenvalue weighted by atomic mass is 10.1. The van der Waals surface area contributed by atoms with Crippen LogP contribution in [0.3, 0.4) is 0 Å². The number of rotatable bonds is 13. The van der Waals surface area contributed by atoms with Gasteiger partial charge in [0.1, 0.15) is 18.5 Å². The number of hydrogen-bond donors (Lipinski definition) is 3. The predicted molar refractivity (Wildman–Crippen MR) is 157 cm³/mol. The third-order valence-corrected chi connectivity index (χ3v) is 6.52. The maximum absolute atomic E-state index is 10.3. The average Bonchev–Trinajstić information content (AvgIpc) is 3.82. The van der Waals surface area contributed by atoms with Crippen LogP contribution in [0, 0.1) is 0 Å². The lowest BCUT2D eigenvalue weighted by Crippen LogP contribution is -2.32. The highest BCUT2D eigenvalue weighted by molar-refractivity contribution is 6.03. The number of hydrogen-bond acceptors (Lipinski definition) is 9. The van der Waals surface area contributed by atoms with E-state index < -0.39 is 6.10 Å². The number of aliphatic hydroxyl groups is 1. The smallest absolute Gasteiger partial charge is 0.169 e. The summed E-state index contributed by atoms with van der Waals surface area (Å²) in [6.07, 6.45) is 5.23. The van der Waals surface area contributed by atoms with Crippen LogP contribution >= 0.6 is 0 Å². The standard InChI is InChI=1S/C31H34N4O5/c1-32-16-20-17-34-26-15-30(39-19-23(36)18-33-21-8-9-21)29(38-3)14-25(26)31(20)35-22-10-12-24(13-11-22)40-28-7-5-4-6-27(28)37-2/h4-7,10-17,21,23,33,36H,8-9,18-19H2,1-3H3,(H,34,35)/t23-/m0/s1. The van der Waals surface area contributed by atoms with Gasteiger partial charge in [0.15, 0.2) is 23.0 Å². The van der Waals surface area contributed by atoms with E-state index in [1.807, 2.05) is 60.7 Å². The zero-order valence-corrected chi connectivity index (χ0v) is 22.9. The van der Waals surface area contributed by atoms with Crippen molar-refractivity contribution in [3.8, 4) is 28.7 Å². The van der Waals surface area contributed by atoms with E-state index in [0.717, 1.165) is 22.3 Å². The molecule has 1 heterocycles. The summed E-state index contributed by atoms with van der Waals surface area (Å²) < 4.78 is 23.0. The Morgan fingerprint density at radius 1 is 1.00 bits per heavy atom. The minimum Gasteiger partial charge on any atom is -0.493 e. The van der Waals surface area contributed by atoms with E-state index in [-0.39, 0.29) is 6.61 Å². The van der Waals surface area contributed by atoms with Crippen molar-refractivity contribution in [1.29, 1.82) is 0 Å². The number of benzene rings is 3. The molecule has 9 nitrogen and oxygen atoms in total. The Bertz CT molecular complexity index is 1470. The zero-order chi connectivity index (χ0) is 27.9. The minimum atomic E-state index is -0.621. The first kappa shape index (κ1) is 27.2. The summed E-state index contributed by atoms with van der Waals surface area (Å²) in [4.78, 5) is 8.85. The van der Waals surface area contributed by atoms with Gasteiger partial charge in [-0.1, -0.05) is 12.1 Å². The zero-order valence-electron chi connectivity index (χ0n) is 22.9. The summed E-state index contributed by atoms with van der Waals surface area (Å²) in [5.74, 6) is 3.06. The molecule has 0 spiro atoms. The number of methoxy groups -OCH3 is 2. The van der Waals surface area contributed by atoms with E-state index in [2.05, 4.69) is 20.6 Å². The maximum Gasteiger partial charge on any atom is 0.169 e. The number of aliphatic imine (C=N–C) groups is 1. The van der Waals surface area contributed by atoms with Crippen LogP contribution in [0.2, 0.25) is 0 Å². The van der Waals surface area contributed by atoms with Crippen LogP contribution in [0.1, 0.15) is 18.4 Å². The summed E-state index contributed by atoms with van der Waals surface area (Å²) in [5.41, 5.74) is 3.22. The number of anilines is 2. The molecule has 0 amide bonds. The predicted octanol–water partition coefficient (Wildman–Crippen LogP) is 5.33. The Hall–Kier alpha value is -4.34. The number of pyridine rings is 1. The van der Waals surface area contributed by atoms with E-state index in [9.17, 15) is 5.11 Å². The summed E-state index contributed by atoms with van der Waals surface area (Å²) in [7, 11) is 4.93. The Balaban J connectivity index is 1.38. The van der Waals surface area contributed by atoms with Gasteiger partial charge >= 0.3 is 0 Å². The molecule has 3 N–H and O–H groups in total. The number of nitrogens with zero attached hydrogens (tertiary/aromatic N) is 2. The first-order valence-electron chi connectivity index (χ1n) is 13.2. The van der Waals surface area contributed by atoms with Gasteiger partial charge in [0.2, 0.25) is 0 Å². The largest absolute Gasteiger partial charge is 0.493 e. The molecule has 0 saturated heterocycles. The normalized spacial score (nSPS) is 13.8. The number of ether oxygens (including phenoxy) is 4. The molecule has 1 fully saturated rings. The average molecular weight is 543 g/mol. The molecule has 9 heteroatoms. The Labute approximate surface area is 233 Å². The summed E-state index contributed by atoms with van der Waals surface area (Å²) in [5, 5.41) is 18.0. The number of fused-ring (bicyclic) bond motifs is 1. The Morgan fingerprint density at radius 2 is 1.75 bits per heavy atom. The molecule has 0 bridgehead atoms. The van der Waals surface area contributed by atoms with Crippen LogP contribution in [0.5, 0.6) is 28.7 Å². The van der Waals surface area contributed by atoms with Crippen LogP contribution < -0.4 is 29.6 Å². The van der Waals surface area contributed by atoms with E-state index in [1.54, 1.807) is 33.7 Å². The SMILES string of the molecule is CN=Cc1cnc2cc(OC[C@@H](O)CNC3CC3)c(OC)cc2c1Nc1ccc(Oc2ccccc2OC)cc1. The molecule has 1 aromatic heterocycles. The molecule has 4 aromatic rings. The van der Waals surface area contributed by atoms with Gasteiger partial charge in [-0.2, -0.15) is 0 Å². The van der Waals surface area contributed by atoms with Crippen LogP contribution in [-0.4, -0.2) is 62.9 Å². The molecule has 1 aliphatic carbocycles. The highest BCUT2D eigenvalue weighted by Gasteiger charge is 2.22. The Morgan fingerprint density at radius 3 is 2.45 bits per heavy atom. The van der Waals surface area contributed by atoms with Crippen molar-refractivity contribution in [3.63, 3.8) is 0 Å². The van der Waals surface area contributed by atoms with Crippen molar-refractivity contribution < 1.29 is 24.1 Å². The quantitative estimate of drug-likeness (QED) is 0.195. The van der Waals surface area contributed by atoms with E-state index in [1.165, 1.54) is 12.8 Å². The van der Waals surface area contributed by atoms with Gasteiger partial charge in [0.25, 0.3) is 0 Å². The van der Waals surface area contributed by atoms with Crippen molar-refractivity contribution in [1.82, 2.24) is 10.3 Å². The summed E-state index contributed by atoms with van der Waals surface area (Å²) >= 11 is 0. The monoisotopic (exact) mass is 542 g/mol. The number of para-hydroxylation sites is 2. The molecular formula is C31H34N4O5. The molecule has 1 saturated carbocycles. The van der Waals surface area contributed by atoms with Gasteiger partial charge in [-0.15, -0.1) is 0 Å². The molecule has 0 radical (unpaired) electrons. The van der Waals surface area contributed by atoms with Crippen molar-refractivity contribution in [2.75, 3.05) is 39.7 Å². The number of aliphatic hydroxyl groups excluding tert-OH is 1. The lowest BCUT2D eigenvalue weighted by molar-refractivity contribution is 0.104. The first-order chi connectivity index (χ1) is 19.6.